The van der Waals surface area contributed by atoms with Crippen LogP contribution in [0.1, 0.15) is 24.5 Å². The van der Waals surface area contributed by atoms with Crippen molar-refractivity contribution in [2.75, 3.05) is 13.7 Å². The van der Waals surface area contributed by atoms with Crippen molar-refractivity contribution in [3.05, 3.63) is 46.3 Å². The molecule has 0 aliphatic rings. The van der Waals surface area contributed by atoms with Crippen molar-refractivity contribution < 1.29 is 4.74 Å². The van der Waals surface area contributed by atoms with Gasteiger partial charge in [-0.2, -0.15) is 11.3 Å². The van der Waals surface area contributed by atoms with E-state index in [4.69, 9.17) is 4.74 Å². The molecule has 0 unspecified atom stereocenters. The lowest BCUT2D eigenvalue weighted by Crippen LogP contribution is -2.36. The quantitative estimate of drug-likeness (QED) is 0.609. The molecule has 0 bridgehead atoms. The first-order chi connectivity index (χ1) is 10.8. The summed E-state index contributed by atoms with van der Waals surface area (Å²) in [7, 11) is 1.76. The van der Waals surface area contributed by atoms with Crippen LogP contribution in [0.15, 0.2) is 40.1 Å². The second-order valence-corrected chi connectivity index (χ2v) is 5.51. The maximum absolute atomic E-state index is 5.66. The van der Waals surface area contributed by atoms with E-state index in [0.29, 0.717) is 19.0 Å². The molecule has 0 aliphatic heterocycles. The van der Waals surface area contributed by atoms with E-state index in [9.17, 15) is 0 Å². The maximum Gasteiger partial charge on any atom is 0.218 e. The Morgan fingerprint density at radius 2 is 2.18 bits per heavy atom. The molecule has 2 N–H and O–H groups in total. The van der Waals surface area contributed by atoms with E-state index in [0.717, 1.165) is 24.5 Å². The number of pyridine rings is 1. The van der Waals surface area contributed by atoms with Gasteiger partial charge in [-0.15, -0.1) is 0 Å². The second kappa shape index (κ2) is 9.04. The zero-order valence-corrected chi connectivity index (χ0v) is 13.8. The molecule has 0 saturated heterocycles. The van der Waals surface area contributed by atoms with Gasteiger partial charge in [0.2, 0.25) is 5.88 Å². The summed E-state index contributed by atoms with van der Waals surface area (Å²) in [5, 5.41) is 10.8. The average molecular weight is 318 g/mol. The van der Waals surface area contributed by atoms with Gasteiger partial charge in [-0.05, 0) is 34.9 Å². The Hall–Kier alpha value is -2.08. The predicted octanol–water partition coefficient (Wildman–Crippen LogP) is 2.80. The van der Waals surface area contributed by atoms with E-state index in [2.05, 4.69) is 44.4 Å². The molecule has 6 heteroatoms. The Kier molecular flexibility index (Phi) is 6.70. The molecule has 2 aromatic heterocycles. The number of nitrogens with one attached hydrogen (secondary N) is 2. The number of guanidine groups is 1. The van der Waals surface area contributed by atoms with E-state index >= 15 is 0 Å². The Labute approximate surface area is 135 Å². The largest absolute Gasteiger partial charge is 0.477 e. The van der Waals surface area contributed by atoms with Crippen molar-refractivity contribution in [2.24, 2.45) is 4.99 Å². The minimum atomic E-state index is 0.621. The van der Waals surface area contributed by atoms with Crippen LogP contribution in [0.4, 0.5) is 0 Å². The van der Waals surface area contributed by atoms with E-state index < -0.39 is 0 Å². The number of hydrogen-bond acceptors (Lipinski definition) is 4. The van der Waals surface area contributed by atoms with E-state index in [1.54, 1.807) is 24.6 Å². The molecule has 0 fully saturated rings. The van der Waals surface area contributed by atoms with Gasteiger partial charge in [0, 0.05) is 31.9 Å². The van der Waals surface area contributed by atoms with Crippen LogP contribution in [0.5, 0.6) is 5.88 Å². The first kappa shape index (κ1) is 16.3. The number of aliphatic imine (C=N–C) groups is 1. The van der Waals surface area contributed by atoms with Gasteiger partial charge in [0.25, 0.3) is 0 Å². The third-order valence-corrected chi connectivity index (χ3v) is 3.73. The van der Waals surface area contributed by atoms with Gasteiger partial charge in [0.15, 0.2) is 5.96 Å². The fraction of sp³-hybridized carbons (Fsp3) is 0.375. The number of nitrogens with zero attached hydrogens (tertiary/aromatic N) is 2. The summed E-state index contributed by atoms with van der Waals surface area (Å²) in [4.78, 5) is 8.52. The molecule has 2 heterocycles. The van der Waals surface area contributed by atoms with Gasteiger partial charge in [-0.25, -0.2) is 4.98 Å². The first-order valence-electron chi connectivity index (χ1n) is 7.35. The molecule has 2 aromatic rings. The molecule has 0 amide bonds. The number of rotatable bonds is 7. The van der Waals surface area contributed by atoms with Crippen LogP contribution < -0.4 is 15.4 Å². The molecule has 0 aliphatic carbocycles. The predicted molar refractivity (Wildman–Crippen MR) is 91.4 cm³/mol. The molecular formula is C16H22N4OS. The summed E-state index contributed by atoms with van der Waals surface area (Å²) in [6, 6.07) is 6.03. The van der Waals surface area contributed by atoms with Crippen LogP contribution in [0.3, 0.4) is 0 Å². The lowest BCUT2D eigenvalue weighted by atomic mass is 10.2. The van der Waals surface area contributed by atoms with E-state index in [1.165, 1.54) is 5.56 Å². The topological polar surface area (TPSA) is 58.5 Å². The van der Waals surface area contributed by atoms with Crippen LogP contribution in [0.2, 0.25) is 0 Å². The van der Waals surface area contributed by atoms with E-state index in [1.807, 2.05) is 12.1 Å². The lowest BCUT2D eigenvalue weighted by Gasteiger charge is -2.13. The molecule has 118 valence electrons. The Morgan fingerprint density at radius 3 is 2.91 bits per heavy atom. The number of aromatic nitrogens is 1. The standard InChI is InChI=1S/C16H22N4OS/c1-3-8-21-15-14(5-4-7-18-15)11-20-16(17-2)19-10-13-6-9-22-12-13/h4-7,9,12H,3,8,10-11H2,1-2H3,(H2,17,19,20). The van der Waals surface area contributed by atoms with Gasteiger partial charge in [0.1, 0.15) is 0 Å². The second-order valence-electron chi connectivity index (χ2n) is 4.73. The summed E-state index contributed by atoms with van der Waals surface area (Å²) < 4.78 is 5.66. The molecule has 0 saturated carbocycles. The van der Waals surface area contributed by atoms with Crippen molar-refractivity contribution in [3.8, 4) is 5.88 Å². The molecule has 0 aromatic carbocycles. The summed E-state index contributed by atoms with van der Waals surface area (Å²) in [6.07, 6.45) is 2.71. The Balaban J connectivity index is 1.87. The Bertz CT molecular complexity index is 584. The SMILES string of the molecule is CCCOc1ncccc1CNC(=NC)NCc1ccsc1. The van der Waals surface area contributed by atoms with Crippen molar-refractivity contribution in [1.29, 1.82) is 0 Å². The number of thiophene rings is 1. The summed E-state index contributed by atoms with van der Waals surface area (Å²) in [6.45, 7) is 4.14. The van der Waals surface area contributed by atoms with Gasteiger partial charge in [0.05, 0.1) is 6.61 Å². The zero-order chi connectivity index (χ0) is 15.6. The van der Waals surface area contributed by atoms with Crippen LogP contribution in [0.25, 0.3) is 0 Å². The highest BCUT2D eigenvalue weighted by Crippen LogP contribution is 2.14. The van der Waals surface area contributed by atoms with E-state index in [-0.39, 0.29) is 0 Å². The van der Waals surface area contributed by atoms with Crippen LogP contribution >= 0.6 is 11.3 Å². The fourth-order valence-corrected chi connectivity index (χ4v) is 2.53. The molecule has 2 rings (SSSR count). The maximum atomic E-state index is 5.66. The highest BCUT2D eigenvalue weighted by Gasteiger charge is 2.05. The van der Waals surface area contributed by atoms with Crippen molar-refractivity contribution in [3.63, 3.8) is 0 Å². The molecule has 0 spiro atoms. The van der Waals surface area contributed by atoms with Crippen molar-refractivity contribution >= 4 is 17.3 Å². The highest BCUT2D eigenvalue weighted by molar-refractivity contribution is 7.07. The molecular weight excluding hydrogens is 296 g/mol. The zero-order valence-electron chi connectivity index (χ0n) is 13.0. The molecule has 0 radical (unpaired) electrons. The minimum Gasteiger partial charge on any atom is -0.477 e. The van der Waals surface area contributed by atoms with Gasteiger partial charge in [-0.1, -0.05) is 13.0 Å². The van der Waals surface area contributed by atoms with Crippen LogP contribution in [-0.4, -0.2) is 24.6 Å². The fourth-order valence-electron chi connectivity index (χ4n) is 1.87. The summed E-state index contributed by atoms with van der Waals surface area (Å²) in [5.41, 5.74) is 2.27. The summed E-state index contributed by atoms with van der Waals surface area (Å²) >= 11 is 1.69. The first-order valence-corrected chi connectivity index (χ1v) is 8.30. The third kappa shape index (κ3) is 5.04. The monoisotopic (exact) mass is 318 g/mol. The average Bonchev–Trinajstić information content (AvgIpc) is 3.07. The van der Waals surface area contributed by atoms with Crippen molar-refractivity contribution in [1.82, 2.24) is 15.6 Å². The lowest BCUT2D eigenvalue weighted by molar-refractivity contribution is 0.301. The highest BCUT2D eigenvalue weighted by atomic mass is 32.1. The van der Waals surface area contributed by atoms with Crippen molar-refractivity contribution in [2.45, 2.75) is 26.4 Å². The number of ether oxygens (including phenoxy) is 1. The van der Waals surface area contributed by atoms with Crippen LogP contribution in [0, 0.1) is 0 Å². The number of hydrogen-bond donors (Lipinski definition) is 2. The van der Waals surface area contributed by atoms with Gasteiger partial charge in [-0.3, -0.25) is 4.99 Å². The van der Waals surface area contributed by atoms with Gasteiger partial charge >= 0.3 is 0 Å². The molecule has 5 nitrogen and oxygen atoms in total. The van der Waals surface area contributed by atoms with Gasteiger partial charge < -0.3 is 15.4 Å². The third-order valence-electron chi connectivity index (χ3n) is 3.00. The minimum absolute atomic E-state index is 0.621. The summed E-state index contributed by atoms with van der Waals surface area (Å²) in [5.74, 6) is 1.45. The molecule has 0 atom stereocenters. The normalized spacial score (nSPS) is 11.3. The smallest absolute Gasteiger partial charge is 0.218 e. The Morgan fingerprint density at radius 1 is 1.32 bits per heavy atom. The molecule has 22 heavy (non-hydrogen) atoms. The van der Waals surface area contributed by atoms with Crippen LogP contribution in [-0.2, 0) is 13.1 Å².